The Morgan fingerprint density at radius 3 is 2.14 bits per heavy atom. The third-order valence-electron chi connectivity index (χ3n) is 2.30. The van der Waals surface area contributed by atoms with E-state index in [1.54, 1.807) is 4.90 Å². The second kappa shape index (κ2) is 10.1. The van der Waals surface area contributed by atoms with E-state index in [9.17, 15) is 4.79 Å². The fourth-order valence-electron chi connectivity index (χ4n) is 1.61. The van der Waals surface area contributed by atoms with Gasteiger partial charge in [-0.3, -0.25) is 4.99 Å². The summed E-state index contributed by atoms with van der Waals surface area (Å²) in [6.45, 7) is 15.2. The van der Waals surface area contributed by atoms with Crippen LogP contribution < -0.4 is 11.1 Å². The van der Waals surface area contributed by atoms with Crippen molar-refractivity contribution in [1.82, 2.24) is 10.2 Å². The minimum atomic E-state index is -0.487. The summed E-state index contributed by atoms with van der Waals surface area (Å²) in [6.07, 6.45) is 0.570. The van der Waals surface area contributed by atoms with Crippen LogP contribution in [-0.4, -0.2) is 47.7 Å². The average molecular weight is 428 g/mol. The lowest BCUT2D eigenvalue weighted by Crippen LogP contribution is -2.45. The number of nitrogens with one attached hydrogen (secondary N) is 1. The van der Waals surface area contributed by atoms with E-state index in [2.05, 4.69) is 10.3 Å². The molecule has 1 amide bonds. The van der Waals surface area contributed by atoms with Crippen LogP contribution in [-0.2, 0) is 4.74 Å². The summed E-state index contributed by atoms with van der Waals surface area (Å²) in [4.78, 5) is 18.0. The number of guanidine groups is 1. The van der Waals surface area contributed by atoms with Gasteiger partial charge < -0.3 is 20.7 Å². The molecule has 0 aliphatic heterocycles. The molecule has 0 aromatic heterocycles. The Balaban J connectivity index is 0. The number of nitrogens with two attached hydrogens (primary N) is 1. The van der Waals surface area contributed by atoms with E-state index >= 15 is 0 Å². The molecule has 0 aromatic rings. The van der Waals surface area contributed by atoms with Gasteiger partial charge in [-0.15, -0.1) is 24.0 Å². The first-order valence-corrected chi connectivity index (χ1v) is 7.50. The molecule has 0 radical (unpaired) electrons. The number of halogens is 1. The van der Waals surface area contributed by atoms with Crippen LogP contribution in [0.5, 0.6) is 0 Å². The molecule has 7 heteroatoms. The maximum Gasteiger partial charge on any atom is 0.410 e. The molecule has 132 valence electrons. The topological polar surface area (TPSA) is 80.0 Å². The molecule has 22 heavy (non-hydrogen) atoms. The lowest BCUT2D eigenvalue weighted by molar-refractivity contribution is 0.0256. The Bertz CT molecular complexity index is 360. The molecule has 0 aromatic carbocycles. The summed E-state index contributed by atoms with van der Waals surface area (Å²) in [5.74, 6) is 0.392. The molecule has 0 aliphatic rings. The van der Waals surface area contributed by atoms with Gasteiger partial charge in [-0.2, -0.15) is 0 Å². The Morgan fingerprint density at radius 2 is 1.73 bits per heavy atom. The van der Waals surface area contributed by atoms with Gasteiger partial charge in [-0.05, 0) is 48.0 Å². The van der Waals surface area contributed by atoms with Gasteiger partial charge in [0, 0.05) is 18.6 Å². The minimum absolute atomic E-state index is 0. The van der Waals surface area contributed by atoms with Crippen LogP contribution in [0, 0.1) is 0 Å². The standard InChI is InChI=1S/C15H32N4O2.HI/c1-8-10-19(13(20)21-15(5,6)7)11-9-17-12(16)18-14(2,3)4;/h8-11H2,1-7H3,(H3,16,17,18);1H. The van der Waals surface area contributed by atoms with Crippen LogP contribution in [0.3, 0.4) is 0 Å². The maximum atomic E-state index is 12.1. The third-order valence-corrected chi connectivity index (χ3v) is 2.30. The number of hydrogen-bond donors (Lipinski definition) is 2. The van der Waals surface area contributed by atoms with Crippen LogP contribution in [0.25, 0.3) is 0 Å². The predicted octanol–water partition coefficient (Wildman–Crippen LogP) is 2.95. The molecule has 0 bridgehead atoms. The maximum absolute atomic E-state index is 12.1. The normalized spacial score (nSPS) is 12.4. The van der Waals surface area contributed by atoms with Crippen LogP contribution in [0.15, 0.2) is 4.99 Å². The van der Waals surface area contributed by atoms with Gasteiger partial charge in [0.2, 0.25) is 0 Å². The zero-order valence-electron chi connectivity index (χ0n) is 15.0. The van der Waals surface area contributed by atoms with Gasteiger partial charge in [0.15, 0.2) is 5.96 Å². The SMILES string of the molecule is CCCN(CCN=C(N)NC(C)(C)C)C(=O)OC(C)(C)C.I. The fraction of sp³-hybridized carbons (Fsp3) is 0.867. The van der Waals surface area contributed by atoms with E-state index in [1.807, 2.05) is 48.5 Å². The van der Waals surface area contributed by atoms with Crippen molar-refractivity contribution in [2.45, 2.75) is 66.0 Å². The van der Waals surface area contributed by atoms with Crippen molar-refractivity contribution in [3.05, 3.63) is 0 Å². The molecule has 0 unspecified atom stereocenters. The molecule has 0 aliphatic carbocycles. The molecule has 0 saturated heterocycles. The molecule has 0 spiro atoms. The number of ether oxygens (including phenoxy) is 1. The summed E-state index contributed by atoms with van der Waals surface area (Å²) in [7, 11) is 0. The van der Waals surface area contributed by atoms with Gasteiger partial charge in [0.25, 0.3) is 0 Å². The highest BCUT2D eigenvalue weighted by molar-refractivity contribution is 14.0. The number of rotatable bonds is 5. The summed E-state index contributed by atoms with van der Waals surface area (Å²) < 4.78 is 5.38. The Kier molecular flexibility index (Phi) is 10.8. The highest BCUT2D eigenvalue weighted by Crippen LogP contribution is 2.10. The lowest BCUT2D eigenvalue weighted by atomic mass is 10.1. The summed E-state index contributed by atoms with van der Waals surface area (Å²) in [5.41, 5.74) is 5.19. The zero-order valence-corrected chi connectivity index (χ0v) is 17.4. The minimum Gasteiger partial charge on any atom is -0.444 e. The first kappa shape index (κ1) is 23.5. The van der Waals surface area contributed by atoms with E-state index in [4.69, 9.17) is 10.5 Å². The second-order valence-corrected chi connectivity index (χ2v) is 7.11. The van der Waals surface area contributed by atoms with Crippen molar-refractivity contribution in [3.63, 3.8) is 0 Å². The van der Waals surface area contributed by atoms with Gasteiger partial charge in [-0.25, -0.2) is 4.79 Å². The van der Waals surface area contributed by atoms with Gasteiger partial charge in [0.1, 0.15) is 5.60 Å². The number of carbonyl (C=O) groups is 1. The van der Waals surface area contributed by atoms with Crippen molar-refractivity contribution in [1.29, 1.82) is 0 Å². The largest absolute Gasteiger partial charge is 0.444 e. The number of nitrogens with zero attached hydrogens (tertiary/aromatic N) is 2. The van der Waals surface area contributed by atoms with Gasteiger partial charge >= 0.3 is 6.09 Å². The number of carbonyl (C=O) groups excluding carboxylic acids is 1. The van der Waals surface area contributed by atoms with E-state index < -0.39 is 5.60 Å². The fourth-order valence-corrected chi connectivity index (χ4v) is 1.61. The average Bonchev–Trinajstić information content (AvgIpc) is 2.22. The van der Waals surface area contributed by atoms with Crippen LogP contribution in [0.2, 0.25) is 0 Å². The monoisotopic (exact) mass is 428 g/mol. The highest BCUT2D eigenvalue weighted by Gasteiger charge is 2.21. The molecular weight excluding hydrogens is 395 g/mol. The lowest BCUT2D eigenvalue weighted by Gasteiger charge is -2.27. The van der Waals surface area contributed by atoms with Crippen molar-refractivity contribution >= 4 is 36.0 Å². The summed E-state index contributed by atoms with van der Waals surface area (Å²) in [5, 5.41) is 3.09. The van der Waals surface area contributed by atoms with Crippen LogP contribution in [0.4, 0.5) is 4.79 Å². The molecular formula is C15H33IN4O2. The van der Waals surface area contributed by atoms with E-state index in [0.29, 0.717) is 25.6 Å². The first-order valence-electron chi connectivity index (χ1n) is 7.50. The van der Waals surface area contributed by atoms with Gasteiger partial charge in [-0.1, -0.05) is 6.92 Å². The third kappa shape index (κ3) is 13.0. The molecule has 6 nitrogen and oxygen atoms in total. The van der Waals surface area contributed by atoms with Crippen molar-refractivity contribution in [2.75, 3.05) is 19.6 Å². The molecule has 0 heterocycles. The molecule has 0 atom stereocenters. The van der Waals surface area contributed by atoms with Crippen molar-refractivity contribution < 1.29 is 9.53 Å². The Morgan fingerprint density at radius 1 is 1.18 bits per heavy atom. The second-order valence-electron chi connectivity index (χ2n) is 7.11. The molecule has 0 saturated carbocycles. The predicted molar refractivity (Wildman–Crippen MR) is 103 cm³/mol. The zero-order chi connectivity index (χ0) is 16.7. The number of aliphatic imine (C=N–C) groups is 1. The van der Waals surface area contributed by atoms with E-state index in [1.165, 1.54) is 0 Å². The Hall–Kier alpha value is -0.730. The smallest absolute Gasteiger partial charge is 0.410 e. The van der Waals surface area contributed by atoms with E-state index in [-0.39, 0.29) is 35.6 Å². The quantitative estimate of drug-likeness (QED) is 0.401. The van der Waals surface area contributed by atoms with Crippen LogP contribution in [0.1, 0.15) is 54.9 Å². The highest BCUT2D eigenvalue weighted by atomic mass is 127. The molecule has 0 fully saturated rings. The van der Waals surface area contributed by atoms with E-state index in [0.717, 1.165) is 6.42 Å². The number of hydrogen-bond acceptors (Lipinski definition) is 3. The molecule has 0 rings (SSSR count). The molecule has 3 N–H and O–H groups in total. The van der Waals surface area contributed by atoms with Gasteiger partial charge in [0.05, 0.1) is 6.54 Å². The van der Waals surface area contributed by atoms with Crippen molar-refractivity contribution in [3.8, 4) is 0 Å². The first-order chi connectivity index (χ1) is 9.44. The van der Waals surface area contributed by atoms with Crippen LogP contribution >= 0.6 is 24.0 Å². The Labute approximate surface area is 152 Å². The number of amides is 1. The summed E-state index contributed by atoms with van der Waals surface area (Å²) in [6, 6.07) is 0. The van der Waals surface area contributed by atoms with Crippen molar-refractivity contribution in [2.24, 2.45) is 10.7 Å². The summed E-state index contributed by atoms with van der Waals surface area (Å²) >= 11 is 0.